The number of carbonyl (C=O) groups is 1. The Morgan fingerprint density at radius 3 is 2.86 bits per heavy atom. The van der Waals surface area contributed by atoms with Crippen LogP contribution in [0.1, 0.15) is 28.9 Å². The summed E-state index contributed by atoms with van der Waals surface area (Å²) in [7, 11) is 0. The first-order chi connectivity index (χ1) is 14.1. The lowest BCUT2D eigenvalue weighted by atomic mass is 10.3. The number of thiophene rings is 1. The van der Waals surface area contributed by atoms with Gasteiger partial charge in [0.1, 0.15) is 22.8 Å². The molecule has 0 spiro atoms. The molecule has 3 aromatic rings. The largest absolute Gasteiger partial charge is 0.351 e. The van der Waals surface area contributed by atoms with Crippen LogP contribution >= 0.6 is 22.9 Å². The van der Waals surface area contributed by atoms with Gasteiger partial charge >= 0.3 is 0 Å². The quantitative estimate of drug-likeness (QED) is 0.539. The maximum atomic E-state index is 13.4. The lowest BCUT2D eigenvalue weighted by molar-refractivity contribution is 0.0956. The third-order valence-corrected chi connectivity index (χ3v) is 6.20. The lowest BCUT2D eigenvalue weighted by Gasteiger charge is -2.14. The van der Waals surface area contributed by atoms with Crippen molar-refractivity contribution in [3.05, 3.63) is 46.3 Å². The Hall–Kier alpha value is -2.29. The summed E-state index contributed by atoms with van der Waals surface area (Å²) in [6.07, 6.45) is 4.92. The number of aromatic nitrogens is 2. The molecular weight excluding hydrogens is 413 g/mol. The van der Waals surface area contributed by atoms with Gasteiger partial charge in [0, 0.05) is 12.2 Å². The van der Waals surface area contributed by atoms with E-state index < -0.39 is 5.82 Å². The van der Waals surface area contributed by atoms with Crippen LogP contribution in [0.2, 0.25) is 5.02 Å². The summed E-state index contributed by atoms with van der Waals surface area (Å²) in [6.45, 7) is 4.00. The zero-order chi connectivity index (χ0) is 20.2. The number of nitrogens with one attached hydrogen (secondary N) is 2. The van der Waals surface area contributed by atoms with Gasteiger partial charge in [-0.15, -0.1) is 11.3 Å². The molecule has 0 saturated carbocycles. The molecule has 4 rings (SSSR count). The standard InChI is InChI=1S/C20H21ClFN5OS/c21-15-10-13(4-5-16(15)22)26-18-14-11-17(29-20(14)25-12-24-18)19(28)23-6-3-9-27-7-1-2-8-27/h4-5,10-12H,1-3,6-9H2,(H,23,28)(H,24,25,26). The maximum absolute atomic E-state index is 13.4. The highest BCUT2D eigenvalue weighted by Gasteiger charge is 2.15. The van der Waals surface area contributed by atoms with E-state index in [9.17, 15) is 9.18 Å². The molecule has 0 bridgehead atoms. The van der Waals surface area contributed by atoms with Crippen LogP contribution in [0.5, 0.6) is 0 Å². The first-order valence-electron chi connectivity index (χ1n) is 9.57. The van der Waals surface area contributed by atoms with Crippen LogP contribution in [0.4, 0.5) is 15.9 Å². The Balaban J connectivity index is 1.42. The van der Waals surface area contributed by atoms with Crippen LogP contribution in [0, 0.1) is 5.82 Å². The number of nitrogens with zero attached hydrogens (tertiary/aromatic N) is 3. The van der Waals surface area contributed by atoms with Crippen molar-refractivity contribution >= 4 is 50.6 Å². The smallest absolute Gasteiger partial charge is 0.261 e. The first kappa shape index (κ1) is 20.0. The van der Waals surface area contributed by atoms with Crippen LogP contribution in [-0.2, 0) is 0 Å². The number of halogens is 2. The lowest BCUT2D eigenvalue weighted by Crippen LogP contribution is -2.28. The second-order valence-corrected chi connectivity index (χ2v) is 8.40. The molecule has 29 heavy (non-hydrogen) atoms. The van der Waals surface area contributed by atoms with E-state index in [0.717, 1.165) is 31.4 Å². The average Bonchev–Trinajstić information content (AvgIpc) is 3.38. The van der Waals surface area contributed by atoms with E-state index in [0.29, 0.717) is 27.8 Å². The molecule has 2 N–H and O–H groups in total. The molecule has 1 saturated heterocycles. The molecule has 1 aliphatic rings. The van der Waals surface area contributed by atoms with Crippen LogP contribution in [0.15, 0.2) is 30.6 Å². The van der Waals surface area contributed by atoms with Crippen molar-refractivity contribution in [1.29, 1.82) is 0 Å². The van der Waals surface area contributed by atoms with Crippen LogP contribution in [0.25, 0.3) is 10.2 Å². The third kappa shape index (κ3) is 4.83. The minimum absolute atomic E-state index is 0.0274. The zero-order valence-corrected chi connectivity index (χ0v) is 17.3. The van der Waals surface area contributed by atoms with Gasteiger partial charge in [-0.3, -0.25) is 4.79 Å². The van der Waals surface area contributed by atoms with E-state index in [-0.39, 0.29) is 10.9 Å². The van der Waals surface area contributed by atoms with Gasteiger partial charge in [-0.2, -0.15) is 0 Å². The SMILES string of the molecule is O=C(NCCCN1CCCC1)c1cc2c(Nc3ccc(F)c(Cl)c3)ncnc2s1. The van der Waals surface area contributed by atoms with Crippen molar-refractivity contribution < 1.29 is 9.18 Å². The van der Waals surface area contributed by atoms with E-state index in [1.165, 1.54) is 42.6 Å². The predicted octanol–water partition coefficient (Wildman–Crippen LogP) is 4.44. The third-order valence-electron chi connectivity index (χ3n) is 4.87. The number of fused-ring (bicyclic) bond motifs is 1. The van der Waals surface area contributed by atoms with Gasteiger partial charge in [0.25, 0.3) is 5.91 Å². The molecule has 0 radical (unpaired) electrons. The molecule has 1 fully saturated rings. The van der Waals surface area contributed by atoms with E-state index in [1.54, 1.807) is 12.1 Å². The molecule has 9 heteroatoms. The number of rotatable bonds is 7. The highest BCUT2D eigenvalue weighted by molar-refractivity contribution is 7.20. The highest BCUT2D eigenvalue weighted by Crippen LogP contribution is 2.30. The Morgan fingerprint density at radius 1 is 1.24 bits per heavy atom. The number of carbonyl (C=O) groups excluding carboxylic acids is 1. The summed E-state index contributed by atoms with van der Waals surface area (Å²) >= 11 is 7.16. The zero-order valence-electron chi connectivity index (χ0n) is 15.8. The first-order valence-corrected chi connectivity index (χ1v) is 10.8. The summed E-state index contributed by atoms with van der Waals surface area (Å²) in [5.41, 5.74) is 0.607. The molecule has 6 nitrogen and oxygen atoms in total. The Labute approximate surface area is 177 Å². The topological polar surface area (TPSA) is 70.2 Å². The minimum Gasteiger partial charge on any atom is -0.351 e. The van der Waals surface area contributed by atoms with E-state index in [4.69, 9.17) is 11.6 Å². The summed E-state index contributed by atoms with van der Waals surface area (Å²) in [5, 5.41) is 6.87. The number of likely N-dealkylation sites (tertiary alicyclic amines) is 1. The van der Waals surface area contributed by atoms with E-state index >= 15 is 0 Å². The minimum atomic E-state index is -0.482. The van der Waals surface area contributed by atoms with Gasteiger partial charge in [-0.05, 0) is 63.2 Å². The van der Waals surface area contributed by atoms with Crippen molar-refractivity contribution in [2.24, 2.45) is 0 Å². The van der Waals surface area contributed by atoms with Crippen LogP contribution < -0.4 is 10.6 Å². The highest BCUT2D eigenvalue weighted by atomic mass is 35.5. The summed E-state index contributed by atoms with van der Waals surface area (Å²) < 4.78 is 13.4. The van der Waals surface area contributed by atoms with Gasteiger partial charge < -0.3 is 15.5 Å². The summed E-state index contributed by atoms with van der Waals surface area (Å²) in [5.74, 6) is -0.0449. The monoisotopic (exact) mass is 433 g/mol. The van der Waals surface area contributed by atoms with Crippen molar-refractivity contribution in [1.82, 2.24) is 20.2 Å². The number of anilines is 2. The van der Waals surface area contributed by atoms with E-state index in [2.05, 4.69) is 25.5 Å². The molecule has 2 aromatic heterocycles. The second-order valence-electron chi connectivity index (χ2n) is 6.96. The molecule has 3 heterocycles. The maximum Gasteiger partial charge on any atom is 0.261 e. The van der Waals surface area contributed by atoms with Crippen LogP contribution in [0.3, 0.4) is 0 Å². The molecule has 1 amide bonds. The van der Waals surface area contributed by atoms with Crippen LogP contribution in [-0.4, -0.2) is 47.0 Å². The molecule has 0 unspecified atom stereocenters. The van der Waals surface area contributed by atoms with Gasteiger partial charge in [0.15, 0.2) is 0 Å². The van der Waals surface area contributed by atoms with Crippen molar-refractivity contribution in [3.63, 3.8) is 0 Å². The molecule has 1 aliphatic heterocycles. The van der Waals surface area contributed by atoms with Gasteiger partial charge in [0.2, 0.25) is 0 Å². The molecular formula is C20H21ClFN5OS. The van der Waals surface area contributed by atoms with Gasteiger partial charge in [0.05, 0.1) is 15.3 Å². The Morgan fingerprint density at radius 2 is 2.07 bits per heavy atom. The Kier molecular flexibility index (Phi) is 6.22. The summed E-state index contributed by atoms with van der Waals surface area (Å²) in [4.78, 5) is 24.8. The fourth-order valence-corrected chi connectivity index (χ4v) is 4.47. The molecule has 0 atom stereocenters. The van der Waals surface area contributed by atoms with Crippen molar-refractivity contribution in [2.75, 3.05) is 31.5 Å². The fraction of sp³-hybridized carbons (Fsp3) is 0.350. The number of hydrogen-bond donors (Lipinski definition) is 2. The molecule has 152 valence electrons. The fourth-order valence-electron chi connectivity index (χ4n) is 3.38. The van der Waals surface area contributed by atoms with Gasteiger partial charge in [-0.25, -0.2) is 14.4 Å². The predicted molar refractivity (Wildman–Crippen MR) is 115 cm³/mol. The number of hydrogen-bond acceptors (Lipinski definition) is 6. The second kappa shape index (κ2) is 9.02. The summed E-state index contributed by atoms with van der Waals surface area (Å²) in [6, 6.07) is 6.14. The normalized spacial score (nSPS) is 14.4. The van der Waals surface area contributed by atoms with Crippen molar-refractivity contribution in [2.45, 2.75) is 19.3 Å². The Bertz CT molecular complexity index is 1020. The average molecular weight is 434 g/mol. The molecule has 1 aromatic carbocycles. The molecule has 0 aliphatic carbocycles. The number of amides is 1. The number of benzene rings is 1. The van der Waals surface area contributed by atoms with Crippen molar-refractivity contribution in [3.8, 4) is 0 Å². The van der Waals surface area contributed by atoms with E-state index in [1.807, 2.05) is 0 Å². The van der Waals surface area contributed by atoms with Gasteiger partial charge in [-0.1, -0.05) is 11.6 Å².